The molecule has 0 radical (unpaired) electrons. The Morgan fingerprint density at radius 2 is 2.03 bits per heavy atom. The number of benzene rings is 2. The van der Waals surface area contributed by atoms with E-state index in [4.69, 9.17) is 4.74 Å². The Morgan fingerprint density at radius 1 is 1.21 bits per heavy atom. The quantitative estimate of drug-likeness (QED) is 0.429. The second-order valence-electron chi connectivity index (χ2n) is 8.60. The number of imidazole rings is 1. The van der Waals surface area contributed by atoms with Gasteiger partial charge >= 0.3 is 0 Å². The molecule has 1 unspecified atom stereocenters. The average Bonchev–Trinajstić information content (AvgIpc) is 3.29. The van der Waals surface area contributed by atoms with E-state index in [0.717, 1.165) is 55.8 Å². The van der Waals surface area contributed by atoms with E-state index in [1.54, 1.807) is 0 Å². The number of hydrogen-bond acceptors (Lipinski definition) is 4. The van der Waals surface area contributed by atoms with Gasteiger partial charge < -0.3 is 19.9 Å². The second kappa shape index (κ2) is 11.1. The van der Waals surface area contributed by atoms with E-state index in [9.17, 15) is 0 Å². The third kappa shape index (κ3) is 6.43. The maximum Gasteiger partial charge on any atom is 0.194 e. The molecule has 7 heteroatoms. The third-order valence-electron chi connectivity index (χ3n) is 5.85. The Morgan fingerprint density at radius 3 is 2.82 bits per heavy atom. The van der Waals surface area contributed by atoms with E-state index in [1.165, 1.54) is 11.1 Å². The number of rotatable bonds is 7. The van der Waals surface area contributed by atoms with E-state index in [0.29, 0.717) is 12.6 Å². The number of ether oxygens (including phenoxy) is 1. The Balaban J connectivity index is 1.31. The van der Waals surface area contributed by atoms with Gasteiger partial charge in [0.1, 0.15) is 5.82 Å². The summed E-state index contributed by atoms with van der Waals surface area (Å²) in [4.78, 5) is 17.0. The summed E-state index contributed by atoms with van der Waals surface area (Å²) in [5.41, 5.74) is 4.73. The van der Waals surface area contributed by atoms with Crippen molar-refractivity contribution in [2.75, 3.05) is 33.8 Å². The van der Waals surface area contributed by atoms with Gasteiger partial charge in [-0.3, -0.25) is 9.89 Å². The Labute approximate surface area is 196 Å². The minimum Gasteiger partial charge on any atom is -0.376 e. The molecular formula is C26H34N6O. The maximum atomic E-state index is 5.66. The molecule has 1 saturated heterocycles. The molecule has 0 amide bonds. The van der Waals surface area contributed by atoms with Gasteiger partial charge in [0.2, 0.25) is 0 Å². The van der Waals surface area contributed by atoms with Gasteiger partial charge in [-0.15, -0.1) is 0 Å². The second-order valence-corrected chi connectivity index (χ2v) is 8.60. The molecule has 3 aromatic rings. The van der Waals surface area contributed by atoms with Gasteiger partial charge in [-0.05, 0) is 23.6 Å². The topological polar surface area (TPSA) is 68.8 Å². The van der Waals surface area contributed by atoms with Crippen LogP contribution in [0.5, 0.6) is 0 Å². The number of nitrogens with one attached hydrogen (secondary N) is 2. The van der Waals surface area contributed by atoms with Crippen molar-refractivity contribution >= 4 is 5.96 Å². The van der Waals surface area contributed by atoms with Crippen molar-refractivity contribution < 1.29 is 4.74 Å². The lowest BCUT2D eigenvalue weighted by Gasteiger charge is -2.31. The standard InChI is InChI=1S/C26H34N6O/c1-20-17-32(12-13-33-20)18-22-9-7-8-21(14-22)15-29-26(27-2)31(3)19-25-28-16-24(30-25)23-10-5-4-6-11-23/h4-11,14,16,20H,12-13,15,17-19H2,1-3H3,(H,27,29)(H,28,30). The lowest BCUT2D eigenvalue weighted by molar-refractivity contribution is -0.0212. The first-order chi connectivity index (χ1) is 16.1. The lowest BCUT2D eigenvalue weighted by atomic mass is 10.1. The molecule has 1 atom stereocenters. The van der Waals surface area contributed by atoms with Crippen molar-refractivity contribution in [3.05, 3.63) is 77.7 Å². The van der Waals surface area contributed by atoms with Crippen LogP contribution < -0.4 is 5.32 Å². The van der Waals surface area contributed by atoms with Crippen molar-refractivity contribution in [3.63, 3.8) is 0 Å². The first-order valence-electron chi connectivity index (χ1n) is 11.5. The molecule has 0 spiro atoms. The molecule has 2 aromatic carbocycles. The van der Waals surface area contributed by atoms with Crippen LogP contribution in [0.4, 0.5) is 0 Å². The van der Waals surface area contributed by atoms with Crippen molar-refractivity contribution in [2.45, 2.75) is 32.7 Å². The first kappa shape index (κ1) is 23.0. The van der Waals surface area contributed by atoms with Crippen molar-refractivity contribution in [3.8, 4) is 11.3 Å². The predicted molar refractivity (Wildman–Crippen MR) is 133 cm³/mol. The van der Waals surface area contributed by atoms with Crippen LogP contribution in [-0.4, -0.2) is 65.6 Å². The molecule has 0 saturated carbocycles. The smallest absolute Gasteiger partial charge is 0.194 e. The van der Waals surface area contributed by atoms with Crippen LogP contribution in [0.2, 0.25) is 0 Å². The van der Waals surface area contributed by atoms with E-state index in [-0.39, 0.29) is 0 Å². The number of morpholine rings is 1. The summed E-state index contributed by atoms with van der Waals surface area (Å²) >= 11 is 0. The normalized spacial score (nSPS) is 17.2. The van der Waals surface area contributed by atoms with Crippen LogP contribution in [0.25, 0.3) is 11.3 Å². The highest BCUT2D eigenvalue weighted by atomic mass is 16.5. The molecule has 1 fully saturated rings. The number of aromatic amines is 1. The molecule has 0 aliphatic carbocycles. The summed E-state index contributed by atoms with van der Waals surface area (Å²) in [5.74, 6) is 1.74. The third-order valence-corrected chi connectivity index (χ3v) is 5.85. The predicted octanol–water partition coefficient (Wildman–Crippen LogP) is 3.50. The molecule has 7 nitrogen and oxygen atoms in total. The summed E-state index contributed by atoms with van der Waals surface area (Å²) in [7, 11) is 3.84. The zero-order chi connectivity index (χ0) is 23.0. The highest BCUT2D eigenvalue weighted by molar-refractivity contribution is 5.79. The SMILES string of the molecule is CN=C(NCc1cccc(CN2CCOC(C)C2)c1)N(C)Cc1ncc(-c2ccccc2)[nH]1. The Bertz CT molecular complexity index is 1050. The summed E-state index contributed by atoms with van der Waals surface area (Å²) in [6.07, 6.45) is 2.19. The zero-order valence-electron chi connectivity index (χ0n) is 19.8. The van der Waals surface area contributed by atoms with E-state index < -0.39 is 0 Å². The van der Waals surface area contributed by atoms with Crippen molar-refractivity contribution in [1.29, 1.82) is 0 Å². The van der Waals surface area contributed by atoms with Crippen LogP contribution >= 0.6 is 0 Å². The molecule has 33 heavy (non-hydrogen) atoms. The molecule has 1 aliphatic heterocycles. The molecule has 174 valence electrons. The van der Waals surface area contributed by atoms with Crippen LogP contribution in [-0.2, 0) is 24.4 Å². The van der Waals surface area contributed by atoms with E-state index in [1.807, 2.05) is 38.5 Å². The molecule has 0 bridgehead atoms. The molecule has 2 heterocycles. The fourth-order valence-corrected chi connectivity index (χ4v) is 4.20. The summed E-state index contributed by atoms with van der Waals surface area (Å²) < 4.78 is 5.66. The number of guanidine groups is 1. The van der Waals surface area contributed by atoms with Crippen LogP contribution in [0.1, 0.15) is 23.9 Å². The highest BCUT2D eigenvalue weighted by Crippen LogP contribution is 2.17. The highest BCUT2D eigenvalue weighted by Gasteiger charge is 2.16. The van der Waals surface area contributed by atoms with Gasteiger partial charge in [0.25, 0.3) is 0 Å². The van der Waals surface area contributed by atoms with E-state index in [2.05, 4.69) is 73.4 Å². The Hall–Kier alpha value is -3.16. The molecule has 1 aliphatic rings. The minimum absolute atomic E-state index is 0.306. The monoisotopic (exact) mass is 446 g/mol. The first-order valence-corrected chi connectivity index (χ1v) is 11.5. The number of H-pyrrole nitrogens is 1. The number of aromatic nitrogens is 2. The molecular weight excluding hydrogens is 412 g/mol. The molecule has 2 N–H and O–H groups in total. The van der Waals surface area contributed by atoms with Gasteiger partial charge in [0, 0.05) is 40.3 Å². The van der Waals surface area contributed by atoms with Gasteiger partial charge in [-0.1, -0.05) is 54.6 Å². The average molecular weight is 447 g/mol. The van der Waals surface area contributed by atoms with Gasteiger partial charge in [-0.25, -0.2) is 4.98 Å². The van der Waals surface area contributed by atoms with Crippen LogP contribution in [0.3, 0.4) is 0 Å². The van der Waals surface area contributed by atoms with Crippen LogP contribution in [0, 0.1) is 0 Å². The molecule has 4 rings (SSSR count). The van der Waals surface area contributed by atoms with Gasteiger partial charge in [0.15, 0.2) is 5.96 Å². The molecule has 1 aromatic heterocycles. The maximum absolute atomic E-state index is 5.66. The van der Waals surface area contributed by atoms with Gasteiger partial charge in [0.05, 0.1) is 31.1 Å². The van der Waals surface area contributed by atoms with Crippen molar-refractivity contribution in [1.82, 2.24) is 25.1 Å². The zero-order valence-corrected chi connectivity index (χ0v) is 19.8. The van der Waals surface area contributed by atoms with Gasteiger partial charge in [-0.2, -0.15) is 0 Å². The Kier molecular flexibility index (Phi) is 7.75. The largest absolute Gasteiger partial charge is 0.376 e. The number of hydrogen-bond donors (Lipinski definition) is 2. The fourth-order valence-electron chi connectivity index (χ4n) is 4.20. The summed E-state index contributed by atoms with van der Waals surface area (Å²) in [5, 5.41) is 3.48. The number of aliphatic imine (C=N–C) groups is 1. The van der Waals surface area contributed by atoms with Crippen molar-refractivity contribution in [2.24, 2.45) is 4.99 Å². The fraction of sp³-hybridized carbons (Fsp3) is 0.385. The number of nitrogens with zero attached hydrogens (tertiary/aromatic N) is 4. The minimum atomic E-state index is 0.306. The summed E-state index contributed by atoms with van der Waals surface area (Å²) in [6.45, 7) is 7.24. The lowest BCUT2D eigenvalue weighted by Crippen LogP contribution is -2.40. The summed E-state index contributed by atoms with van der Waals surface area (Å²) in [6, 6.07) is 19.0. The van der Waals surface area contributed by atoms with E-state index >= 15 is 0 Å². The van der Waals surface area contributed by atoms with Crippen LogP contribution in [0.15, 0.2) is 65.8 Å².